The van der Waals surface area contributed by atoms with Crippen LogP contribution in [-0.2, 0) is 10.4 Å². The van der Waals surface area contributed by atoms with Gasteiger partial charge in [0.25, 0.3) is 10.4 Å². The molecule has 1 N–H and O–H groups in total. The maximum atomic E-state index is 12.3. The fourth-order valence-corrected chi connectivity index (χ4v) is 3.05. The topological polar surface area (TPSA) is 114 Å². The minimum absolute atomic E-state index is 0. The first-order valence-electron chi connectivity index (χ1n) is 7.56. The van der Waals surface area contributed by atoms with Crippen LogP contribution in [-0.4, -0.2) is 18.1 Å². The van der Waals surface area contributed by atoms with Crippen molar-refractivity contribution in [3.8, 4) is 11.5 Å². The molecular weight excluding hydrogens is 381 g/mol. The molecule has 3 rings (SSSR count). The summed E-state index contributed by atoms with van der Waals surface area (Å²) in [4.78, 5) is 0. The number of phenolic OH excluding ortho intramolecular Hbond substituents is 1. The predicted molar refractivity (Wildman–Crippen MR) is 91.2 cm³/mol. The molecule has 134 valence electrons. The molecule has 2 aromatic carbocycles. The standard InChI is InChI=1S/C18H15NO6S.Na/c20-15-8-4-13(5-9-15)18(17-3-1-2-12-19(17)21)14-6-10-16(11-7-14)25-26(22,23)24;/h1-12,18,20H,(H,22,23,24);/q;+1/p-1. The van der Waals surface area contributed by atoms with Crippen molar-refractivity contribution in [2.75, 3.05) is 0 Å². The van der Waals surface area contributed by atoms with Crippen LogP contribution in [0.15, 0.2) is 72.9 Å². The van der Waals surface area contributed by atoms with E-state index in [-0.39, 0.29) is 41.1 Å². The molecule has 27 heavy (non-hydrogen) atoms. The second kappa shape index (κ2) is 8.73. The van der Waals surface area contributed by atoms with Gasteiger partial charge in [-0.25, -0.2) is 8.42 Å². The van der Waals surface area contributed by atoms with E-state index in [0.717, 1.165) is 10.3 Å². The summed E-state index contributed by atoms with van der Waals surface area (Å²) in [5, 5.41) is 21.8. The molecule has 0 amide bonds. The SMILES string of the molecule is O=S(=O)([O-])Oc1ccc(C(c2ccc(O)cc2)c2cccc[n+]2[O-])cc1.[Na+]. The predicted octanol–water partition coefficient (Wildman–Crippen LogP) is -0.951. The maximum absolute atomic E-state index is 12.3. The first-order chi connectivity index (χ1) is 12.3. The third kappa shape index (κ3) is 5.44. The van der Waals surface area contributed by atoms with Crippen LogP contribution in [0.3, 0.4) is 0 Å². The van der Waals surface area contributed by atoms with E-state index >= 15 is 0 Å². The van der Waals surface area contributed by atoms with Crippen molar-refractivity contribution in [2.24, 2.45) is 0 Å². The number of hydrogen-bond donors (Lipinski definition) is 1. The molecular formula is C18H14NNaO6S. The summed E-state index contributed by atoms with van der Waals surface area (Å²) in [5.74, 6) is -0.483. The molecule has 0 aliphatic rings. The Balaban J connectivity index is 0.00000261. The molecule has 0 saturated heterocycles. The van der Waals surface area contributed by atoms with E-state index in [0.29, 0.717) is 11.3 Å². The first-order valence-corrected chi connectivity index (χ1v) is 8.89. The number of benzene rings is 2. The van der Waals surface area contributed by atoms with E-state index in [1.54, 1.807) is 42.5 Å². The van der Waals surface area contributed by atoms with Crippen molar-refractivity contribution >= 4 is 10.4 Å². The van der Waals surface area contributed by atoms with Crippen molar-refractivity contribution < 1.29 is 56.5 Å². The van der Waals surface area contributed by atoms with Gasteiger partial charge in [0.05, 0.1) is 5.92 Å². The Labute approximate surface area is 178 Å². The molecule has 0 bridgehead atoms. The van der Waals surface area contributed by atoms with Crippen LogP contribution in [0.1, 0.15) is 22.7 Å². The fraction of sp³-hybridized carbons (Fsp3) is 0.0556. The Bertz CT molecular complexity index is 1010. The average Bonchev–Trinajstić information content (AvgIpc) is 2.58. The minimum Gasteiger partial charge on any atom is -0.716 e. The molecule has 1 atom stereocenters. The van der Waals surface area contributed by atoms with Gasteiger partial charge in [-0.1, -0.05) is 24.3 Å². The molecule has 0 spiro atoms. The van der Waals surface area contributed by atoms with E-state index in [9.17, 15) is 23.3 Å². The zero-order chi connectivity index (χ0) is 18.7. The molecule has 0 radical (unpaired) electrons. The number of rotatable bonds is 5. The molecule has 0 aliphatic carbocycles. The van der Waals surface area contributed by atoms with Crippen LogP contribution in [0.5, 0.6) is 11.5 Å². The summed E-state index contributed by atoms with van der Waals surface area (Å²) in [5.41, 5.74) is 1.88. The van der Waals surface area contributed by atoms with Gasteiger partial charge in [-0.15, -0.1) is 0 Å². The van der Waals surface area contributed by atoms with Gasteiger partial charge in [0.1, 0.15) is 11.5 Å². The first kappa shape index (κ1) is 21.2. The molecule has 0 saturated carbocycles. The van der Waals surface area contributed by atoms with Crippen LogP contribution >= 0.6 is 0 Å². The Kier molecular flexibility index (Phi) is 6.85. The Morgan fingerprint density at radius 2 is 1.48 bits per heavy atom. The monoisotopic (exact) mass is 395 g/mol. The normalized spacial score (nSPS) is 12.0. The molecule has 9 heteroatoms. The summed E-state index contributed by atoms with van der Waals surface area (Å²) in [6.45, 7) is 0. The van der Waals surface area contributed by atoms with Crippen molar-refractivity contribution in [1.82, 2.24) is 0 Å². The quantitative estimate of drug-likeness (QED) is 0.196. The van der Waals surface area contributed by atoms with Crippen LogP contribution in [0, 0.1) is 5.21 Å². The number of hydrogen-bond acceptors (Lipinski definition) is 6. The molecule has 7 nitrogen and oxygen atoms in total. The van der Waals surface area contributed by atoms with Crippen LogP contribution < -0.4 is 38.5 Å². The van der Waals surface area contributed by atoms with E-state index in [4.69, 9.17) is 0 Å². The largest absolute Gasteiger partial charge is 1.00 e. The average molecular weight is 395 g/mol. The number of phenols is 1. The summed E-state index contributed by atoms with van der Waals surface area (Å²) in [6, 6.07) is 17.3. The van der Waals surface area contributed by atoms with Gasteiger partial charge in [0, 0.05) is 12.1 Å². The zero-order valence-corrected chi connectivity index (χ0v) is 17.2. The van der Waals surface area contributed by atoms with Gasteiger partial charge in [-0.3, -0.25) is 0 Å². The van der Waals surface area contributed by atoms with Gasteiger partial charge in [-0.05, 0) is 41.5 Å². The van der Waals surface area contributed by atoms with Crippen LogP contribution in [0.25, 0.3) is 0 Å². The van der Waals surface area contributed by atoms with E-state index < -0.39 is 16.3 Å². The molecule has 0 fully saturated rings. The van der Waals surface area contributed by atoms with E-state index in [1.807, 2.05) is 0 Å². The van der Waals surface area contributed by atoms with E-state index in [1.165, 1.54) is 30.5 Å². The summed E-state index contributed by atoms with van der Waals surface area (Å²) >= 11 is 0. The Morgan fingerprint density at radius 1 is 0.926 bits per heavy atom. The fourth-order valence-electron chi connectivity index (χ4n) is 2.70. The number of nitrogens with zero attached hydrogens (tertiary/aromatic N) is 1. The van der Waals surface area contributed by atoms with Gasteiger partial charge in [-0.2, -0.15) is 4.73 Å². The third-order valence-electron chi connectivity index (χ3n) is 3.79. The zero-order valence-electron chi connectivity index (χ0n) is 14.3. The van der Waals surface area contributed by atoms with Crippen molar-refractivity contribution in [3.05, 3.63) is 95.0 Å². The molecule has 1 aromatic heterocycles. The van der Waals surface area contributed by atoms with Gasteiger partial charge >= 0.3 is 29.6 Å². The Hall–Kier alpha value is -2.10. The number of pyridine rings is 1. The third-order valence-corrected chi connectivity index (χ3v) is 4.18. The van der Waals surface area contributed by atoms with Gasteiger partial charge in [0.15, 0.2) is 6.20 Å². The smallest absolute Gasteiger partial charge is 0.716 e. The second-order valence-electron chi connectivity index (χ2n) is 5.54. The molecule has 1 heterocycles. The maximum Gasteiger partial charge on any atom is 1.00 e. The number of aromatic nitrogens is 1. The molecule has 3 aromatic rings. The van der Waals surface area contributed by atoms with Gasteiger partial charge in [0.2, 0.25) is 5.69 Å². The summed E-state index contributed by atoms with van der Waals surface area (Å²) < 4.78 is 37.1. The van der Waals surface area contributed by atoms with Crippen molar-refractivity contribution in [1.29, 1.82) is 0 Å². The summed E-state index contributed by atoms with van der Waals surface area (Å²) in [6.07, 6.45) is 1.38. The van der Waals surface area contributed by atoms with Crippen LogP contribution in [0.4, 0.5) is 0 Å². The Morgan fingerprint density at radius 3 is 2.00 bits per heavy atom. The van der Waals surface area contributed by atoms with Crippen LogP contribution in [0.2, 0.25) is 0 Å². The minimum atomic E-state index is -4.86. The summed E-state index contributed by atoms with van der Waals surface area (Å²) in [7, 11) is -4.86. The second-order valence-corrected chi connectivity index (χ2v) is 6.52. The molecule has 1 unspecified atom stereocenters. The van der Waals surface area contributed by atoms with Crippen molar-refractivity contribution in [2.45, 2.75) is 5.92 Å². The van der Waals surface area contributed by atoms with Gasteiger partial charge < -0.3 is 19.0 Å². The van der Waals surface area contributed by atoms with Crippen molar-refractivity contribution in [3.63, 3.8) is 0 Å². The van der Waals surface area contributed by atoms with E-state index in [2.05, 4.69) is 4.18 Å². The number of aromatic hydroxyl groups is 1. The molecule has 0 aliphatic heterocycles.